The first kappa shape index (κ1) is 20.2. The molecular weight excluding hydrogens is 378 g/mol. The van der Waals surface area contributed by atoms with Crippen LogP contribution >= 0.6 is 0 Å². The quantitative estimate of drug-likeness (QED) is 0.513. The van der Waals surface area contributed by atoms with Gasteiger partial charge in [0, 0.05) is 43.5 Å². The normalized spacial score (nSPS) is 14.3. The Kier molecular flexibility index (Phi) is 6.25. The Balaban J connectivity index is 1.55. The number of Topliss-reactive ketones (excluding diaryl/α,β-unsaturated/α-hetero) is 1. The van der Waals surface area contributed by atoms with E-state index in [1.807, 2.05) is 13.0 Å². The predicted molar refractivity (Wildman–Crippen MR) is 108 cm³/mol. The van der Waals surface area contributed by atoms with Gasteiger partial charge in [-0.2, -0.15) is 4.98 Å². The van der Waals surface area contributed by atoms with E-state index in [9.17, 15) is 13.2 Å². The summed E-state index contributed by atoms with van der Waals surface area (Å²) in [6.45, 7) is 5.90. The van der Waals surface area contributed by atoms with Gasteiger partial charge >= 0.3 is 0 Å². The van der Waals surface area contributed by atoms with Crippen LogP contribution in [0.1, 0.15) is 35.8 Å². The van der Waals surface area contributed by atoms with Crippen LogP contribution in [0.3, 0.4) is 0 Å². The molecule has 9 heteroatoms. The molecule has 3 rings (SSSR count). The van der Waals surface area contributed by atoms with E-state index in [4.69, 9.17) is 0 Å². The standard InChI is InChI=1S/C19H25N5O3S/c1-14-13-18(24-11-3-4-12-24)23-19(22-14)20-9-10-21-28(26,27)17-7-5-16(6-8-17)15(2)25/h5-8,13,21H,3-4,9-12H2,1-2H3,(H,20,22,23). The highest BCUT2D eigenvalue weighted by Gasteiger charge is 2.16. The van der Waals surface area contributed by atoms with Crippen LogP contribution in [0.2, 0.25) is 0 Å². The van der Waals surface area contributed by atoms with E-state index < -0.39 is 10.0 Å². The molecule has 0 aliphatic carbocycles. The predicted octanol–water partition coefficient (Wildman–Crippen LogP) is 1.98. The van der Waals surface area contributed by atoms with Gasteiger partial charge in [0.05, 0.1) is 4.90 Å². The van der Waals surface area contributed by atoms with E-state index >= 15 is 0 Å². The van der Waals surface area contributed by atoms with Crippen LogP contribution < -0.4 is 14.9 Å². The number of aryl methyl sites for hydroxylation is 1. The lowest BCUT2D eigenvalue weighted by Crippen LogP contribution is -2.29. The van der Waals surface area contributed by atoms with Crippen LogP contribution in [0.25, 0.3) is 0 Å². The van der Waals surface area contributed by atoms with Crippen molar-refractivity contribution in [2.75, 3.05) is 36.4 Å². The molecule has 0 atom stereocenters. The number of rotatable bonds is 8. The molecule has 150 valence electrons. The molecule has 0 amide bonds. The number of carbonyl (C=O) groups is 1. The van der Waals surface area contributed by atoms with Crippen molar-refractivity contribution in [3.8, 4) is 0 Å². The molecule has 1 aliphatic heterocycles. The molecule has 1 aromatic carbocycles. The summed E-state index contributed by atoms with van der Waals surface area (Å²) < 4.78 is 27.2. The summed E-state index contributed by atoms with van der Waals surface area (Å²) in [6.07, 6.45) is 2.34. The molecule has 2 N–H and O–H groups in total. The molecule has 0 unspecified atom stereocenters. The number of hydrogen-bond donors (Lipinski definition) is 2. The van der Waals surface area contributed by atoms with Crippen LogP contribution in [0.15, 0.2) is 35.2 Å². The Morgan fingerprint density at radius 1 is 1.11 bits per heavy atom. The third-order valence-corrected chi connectivity index (χ3v) is 6.02. The Morgan fingerprint density at radius 2 is 1.79 bits per heavy atom. The number of ketones is 1. The van der Waals surface area contributed by atoms with Crippen molar-refractivity contribution in [2.45, 2.75) is 31.6 Å². The molecule has 1 saturated heterocycles. The summed E-state index contributed by atoms with van der Waals surface area (Å²) in [5, 5.41) is 3.08. The average Bonchev–Trinajstić information content (AvgIpc) is 3.20. The second-order valence-corrected chi connectivity index (χ2v) is 8.56. The fourth-order valence-electron chi connectivity index (χ4n) is 3.05. The summed E-state index contributed by atoms with van der Waals surface area (Å²) in [7, 11) is -3.64. The van der Waals surface area contributed by atoms with Crippen LogP contribution in [0.5, 0.6) is 0 Å². The lowest BCUT2D eigenvalue weighted by molar-refractivity contribution is 0.101. The Bertz CT molecular complexity index is 939. The van der Waals surface area contributed by atoms with Crippen molar-refractivity contribution in [3.63, 3.8) is 0 Å². The highest BCUT2D eigenvalue weighted by Crippen LogP contribution is 2.19. The molecule has 1 aliphatic rings. The highest BCUT2D eigenvalue weighted by atomic mass is 32.2. The lowest BCUT2D eigenvalue weighted by Gasteiger charge is -2.17. The monoisotopic (exact) mass is 403 g/mol. The summed E-state index contributed by atoms with van der Waals surface area (Å²) in [5.41, 5.74) is 1.34. The molecule has 2 aromatic rings. The minimum absolute atomic E-state index is 0.104. The molecule has 8 nitrogen and oxygen atoms in total. The molecule has 0 spiro atoms. The zero-order valence-corrected chi connectivity index (χ0v) is 16.9. The summed E-state index contributed by atoms with van der Waals surface area (Å²) >= 11 is 0. The van der Waals surface area contributed by atoms with Crippen molar-refractivity contribution in [1.29, 1.82) is 0 Å². The van der Waals surface area contributed by atoms with Gasteiger partial charge in [-0.25, -0.2) is 18.1 Å². The number of aromatic nitrogens is 2. The van der Waals surface area contributed by atoms with E-state index in [0.717, 1.165) is 24.6 Å². The van der Waals surface area contributed by atoms with Gasteiger partial charge in [-0.15, -0.1) is 0 Å². The topological polar surface area (TPSA) is 104 Å². The summed E-state index contributed by atoms with van der Waals surface area (Å²) in [4.78, 5) is 22.5. The van der Waals surface area contributed by atoms with Gasteiger partial charge < -0.3 is 10.2 Å². The van der Waals surface area contributed by atoms with Gasteiger partial charge in [-0.3, -0.25) is 4.79 Å². The number of carbonyl (C=O) groups excluding carboxylic acids is 1. The molecule has 0 bridgehead atoms. The first-order valence-corrected chi connectivity index (χ1v) is 10.8. The van der Waals surface area contributed by atoms with Crippen LogP contribution in [-0.4, -0.2) is 50.3 Å². The molecule has 0 saturated carbocycles. The number of nitrogens with zero attached hydrogens (tertiary/aromatic N) is 3. The molecular formula is C19H25N5O3S. The van der Waals surface area contributed by atoms with Crippen molar-refractivity contribution in [3.05, 3.63) is 41.6 Å². The summed E-state index contributed by atoms with van der Waals surface area (Å²) in [5.74, 6) is 1.29. The Labute approximate surface area is 165 Å². The van der Waals surface area contributed by atoms with Gasteiger partial charge in [0.2, 0.25) is 16.0 Å². The van der Waals surface area contributed by atoms with E-state index in [1.165, 1.54) is 44.0 Å². The van der Waals surface area contributed by atoms with E-state index in [1.54, 1.807) is 0 Å². The number of benzene rings is 1. The first-order chi connectivity index (χ1) is 13.3. The van der Waals surface area contributed by atoms with Crippen LogP contribution in [-0.2, 0) is 10.0 Å². The minimum atomic E-state index is -3.64. The van der Waals surface area contributed by atoms with Crippen molar-refractivity contribution in [1.82, 2.24) is 14.7 Å². The molecule has 1 fully saturated rings. The van der Waals surface area contributed by atoms with Gasteiger partial charge in [-0.1, -0.05) is 12.1 Å². The van der Waals surface area contributed by atoms with Gasteiger partial charge in [0.1, 0.15) is 5.82 Å². The maximum Gasteiger partial charge on any atom is 0.240 e. The average molecular weight is 404 g/mol. The number of sulfonamides is 1. The smallest absolute Gasteiger partial charge is 0.240 e. The molecule has 28 heavy (non-hydrogen) atoms. The lowest BCUT2D eigenvalue weighted by atomic mass is 10.2. The van der Waals surface area contributed by atoms with Gasteiger partial charge in [-0.05, 0) is 38.8 Å². The second kappa shape index (κ2) is 8.66. The third-order valence-electron chi connectivity index (χ3n) is 4.54. The Morgan fingerprint density at radius 3 is 2.43 bits per heavy atom. The molecule has 2 heterocycles. The highest BCUT2D eigenvalue weighted by molar-refractivity contribution is 7.89. The fourth-order valence-corrected chi connectivity index (χ4v) is 4.08. The van der Waals surface area contributed by atoms with E-state index in [2.05, 4.69) is 24.9 Å². The van der Waals surface area contributed by atoms with Crippen LogP contribution in [0.4, 0.5) is 11.8 Å². The van der Waals surface area contributed by atoms with Gasteiger partial charge in [0.25, 0.3) is 0 Å². The zero-order valence-electron chi connectivity index (χ0n) is 16.1. The van der Waals surface area contributed by atoms with E-state index in [0.29, 0.717) is 18.1 Å². The Hall–Kier alpha value is -2.52. The largest absolute Gasteiger partial charge is 0.356 e. The maximum absolute atomic E-state index is 12.3. The fraction of sp³-hybridized carbons (Fsp3) is 0.421. The van der Waals surface area contributed by atoms with Crippen molar-refractivity contribution >= 4 is 27.6 Å². The number of nitrogens with one attached hydrogen (secondary N) is 2. The maximum atomic E-state index is 12.3. The number of anilines is 2. The third kappa shape index (κ3) is 5.05. The molecule has 0 radical (unpaired) electrons. The van der Waals surface area contributed by atoms with E-state index in [-0.39, 0.29) is 17.2 Å². The summed E-state index contributed by atoms with van der Waals surface area (Å²) in [6, 6.07) is 7.84. The van der Waals surface area contributed by atoms with Crippen LogP contribution in [0, 0.1) is 6.92 Å². The minimum Gasteiger partial charge on any atom is -0.356 e. The zero-order chi connectivity index (χ0) is 20.1. The first-order valence-electron chi connectivity index (χ1n) is 9.30. The van der Waals surface area contributed by atoms with Gasteiger partial charge in [0.15, 0.2) is 5.78 Å². The van der Waals surface area contributed by atoms with Crippen molar-refractivity contribution < 1.29 is 13.2 Å². The second-order valence-electron chi connectivity index (χ2n) is 6.79. The molecule has 1 aromatic heterocycles. The number of hydrogen-bond acceptors (Lipinski definition) is 7. The SMILES string of the molecule is CC(=O)c1ccc(S(=O)(=O)NCCNc2nc(C)cc(N3CCCC3)n2)cc1. The van der Waals surface area contributed by atoms with Crippen molar-refractivity contribution in [2.24, 2.45) is 0 Å².